The van der Waals surface area contributed by atoms with E-state index in [1.807, 2.05) is 45.0 Å². The fourth-order valence-electron chi connectivity index (χ4n) is 1.94. The molecule has 0 saturated heterocycles. The van der Waals surface area contributed by atoms with Crippen molar-refractivity contribution >= 4 is 11.3 Å². The zero-order valence-corrected chi connectivity index (χ0v) is 12.4. The summed E-state index contributed by atoms with van der Waals surface area (Å²) in [6.45, 7) is 6.04. The van der Waals surface area contributed by atoms with Crippen LogP contribution in [0.5, 0.6) is 5.75 Å². The largest absolute Gasteiger partial charge is 0.491 e. The van der Waals surface area contributed by atoms with Crippen LogP contribution in [0.3, 0.4) is 0 Å². The molecule has 0 aliphatic carbocycles. The predicted molar refractivity (Wildman–Crippen MR) is 79.7 cm³/mol. The number of aryl methyl sites for hydroxylation is 1. The Balaban J connectivity index is 2.16. The molecule has 1 atom stereocenters. The average molecular weight is 276 g/mol. The Morgan fingerprint density at radius 1 is 1.32 bits per heavy atom. The van der Waals surface area contributed by atoms with Gasteiger partial charge in [0, 0.05) is 29.1 Å². The van der Waals surface area contributed by atoms with Gasteiger partial charge in [-0.2, -0.15) is 0 Å². The van der Waals surface area contributed by atoms with Crippen molar-refractivity contribution in [2.75, 3.05) is 0 Å². The topological polar surface area (TPSA) is 48.1 Å². The maximum atomic E-state index is 6.30. The zero-order valence-electron chi connectivity index (χ0n) is 11.6. The summed E-state index contributed by atoms with van der Waals surface area (Å²) in [5.41, 5.74) is 8.40. The summed E-state index contributed by atoms with van der Waals surface area (Å²) < 4.78 is 5.81. The Bertz CT molecular complexity index is 536. The first-order valence-electron chi connectivity index (χ1n) is 6.48. The Morgan fingerprint density at radius 2 is 2.05 bits per heavy atom. The first kappa shape index (κ1) is 14.0. The summed E-state index contributed by atoms with van der Waals surface area (Å²) in [7, 11) is 0. The molecule has 1 aromatic heterocycles. The molecule has 1 heterocycles. The van der Waals surface area contributed by atoms with Crippen LogP contribution in [0.2, 0.25) is 0 Å². The van der Waals surface area contributed by atoms with Gasteiger partial charge in [-0.25, -0.2) is 4.98 Å². The first-order chi connectivity index (χ1) is 9.06. The number of benzene rings is 1. The molecule has 0 aliphatic rings. The van der Waals surface area contributed by atoms with Gasteiger partial charge >= 0.3 is 0 Å². The van der Waals surface area contributed by atoms with E-state index in [4.69, 9.17) is 10.5 Å². The lowest BCUT2D eigenvalue weighted by molar-refractivity contribution is 0.238. The van der Waals surface area contributed by atoms with E-state index in [-0.39, 0.29) is 12.1 Å². The minimum Gasteiger partial charge on any atom is -0.491 e. The molecule has 0 fully saturated rings. The minimum absolute atomic E-state index is 0.0829. The van der Waals surface area contributed by atoms with Gasteiger partial charge in [0.25, 0.3) is 0 Å². The lowest BCUT2D eigenvalue weighted by atomic mass is 10.0. The van der Waals surface area contributed by atoms with Crippen LogP contribution in [0, 0.1) is 6.92 Å². The van der Waals surface area contributed by atoms with Gasteiger partial charge < -0.3 is 10.5 Å². The van der Waals surface area contributed by atoms with Crippen molar-refractivity contribution in [3.8, 4) is 5.75 Å². The number of nitrogens with zero attached hydrogens (tertiary/aromatic N) is 1. The van der Waals surface area contributed by atoms with Crippen LogP contribution >= 0.6 is 11.3 Å². The summed E-state index contributed by atoms with van der Waals surface area (Å²) in [6.07, 6.45) is 0.896. The van der Waals surface area contributed by atoms with Gasteiger partial charge in [-0.1, -0.05) is 18.2 Å². The number of hydrogen-bond acceptors (Lipinski definition) is 4. The Morgan fingerprint density at radius 3 is 2.68 bits per heavy atom. The molecule has 3 nitrogen and oxygen atoms in total. The fraction of sp³-hybridized carbons (Fsp3) is 0.400. The van der Waals surface area contributed by atoms with Crippen LogP contribution < -0.4 is 10.5 Å². The number of thiazole rings is 1. The molecule has 2 aromatic rings. The number of nitrogens with two attached hydrogens (primary N) is 1. The molecule has 0 aliphatic heterocycles. The molecular formula is C15H20N2OS. The molecule has 4 heteroatoms. The molecule has 2 rings (SSSR count). The molecule has 0 spiro atoms. The van der Waals surface area contributed by atoms with Gasteiger partial charge in [-0.05, 0) is 26.8 Å². The van der Waals surface area contributed by atoms with E-state index in [1.165, 1.54) is 0 Å². The smallest absolute Gasteiger partial charge is 0.124 e. The van der Waals surface area contributed by atoms with Crippen molar-refractivity contribution in [3.63, 3.8) is 0 Å². The molecule has 19 heavy (non-hydrogen) atoms. The average Bonchev–Trinajstić information content (AvgIpc) is 2.74. The number of ether oxygens (including phenoxy) is 1. The van der Waals surface area contributed by atoms with Gasteiger partial charge in [0.05, 0.1) is 11.1 Å². The van der Waals surface area contributed by atoms with E-state index in [1.54, 1.807) is 11.3 Å². The lowest BCUT2D eigenvalue weighted by Crippen LogP contribution is -2.16. The quantitative estimate of drug-likeness (QED) is 0.909. The molecule has 0 bridgehead atoms. The van der Waals surface area contributed by atoms with Crippen molar-refractivity contribution in [2.24, 2.45) is 5.73 Å². The Hall–Kier alpha value is -1.39. The second-order valence-electron chi connectivity index (χ2n) is 4.90. The third kappa shape index (κ3) is 3.78. The molecule has 0 amide bonds. The predicted octanol–water partition coefficient (Wildman–Crippen LogP) is 3.48. The number of hydrogen-bond donors (Lipinski definition) is 1. The molecule has 2 N–H and O–H groups in total. The highest BCUT2D eigenvalue weighted by Crippen LogP contribution is 2.27. The monoisotopic (exact) mass is 276 g/mol. The molecular weight excluding hydrogens is 256 g/mol. The van der Waals surface area contributed by atoms with Crippen LogP contribution in [-0.4, -0.2) is 11.1 Å². The zero-order chi connectivity index (χ0) is 13.8. The van der Waals surface area contributed by atoms with E-state index in [0.717, 1.165) is 28.4 Å². The van der Waals surface area contributed by atoms with Crippen molar-refractivity contribution in [1.82, 2.24) is 4.98 Å². The summed E-state index contributed by atoms with van der Waals surface area (Å²) in [4.78, 5) is 4.46. The van der Waals surface area contributed by atoms with Crippen LogP contribution in [0.15, 0.2) is 29.6 Å². The van der Waals surface area contributed by atoms with Crippen molar-refractivity contribution < 1.29 is 4.74 Å². The molecule has 0 radical (unpaired) electrons. The number of rotatable bonds is 5. The summed E-state index contributed by atoms with van der Waals surface area (Å²) in [6, 6.07) is 7.89. The van der Waals surface area contributed by atoms with E-state index in [2.05, 4.69) is 10.4 Å². The maximum Gasteiger partial charge on any atom is 0.124 e. The first-order valence-corrected chi connectivity index (χ1v) is 7.36. The Labute approximate surface area is 118 Å². The van der Waals surface area contributed by atoms with Crippen LogP contribution in [0.25, 0.3) is 0 Å². The van der Waals surface area contributed by atoms with Crippen LogP contribution in [0.1, 0.15) is 36.2 Å². The van der Waals surface area contributed by atoms with Gasteiger partial charge in [0.15, 0.2) is 0 Å². The normalized spacial score (nSPS) is 12.7. The van der Waals surface area contributed by atoms with E-state index >= 15 is 0 Å². The van der Waals surface area contributed by atoms with Crippen molar-refractivity contribution in [2.45, 2.75) is 39.3 Å². The summed E-state index contributed by atoms with van der Waals surface area (Å²) >= 11 is 1.66. The molecule has 1 unspecified atom stereocenters. The fourth-order valence-corrected chi connectivity index (χ4v) is 2.77. The number of para-hydroxylation sites is 1. The van der Waals surface area contributed by atoms with E-state index in [9.17, 15) is 0 Å². The summed E-state index contributed by atoms with van der Waals surface area (Å²) in [5.74, 6) is 0.873. The van der Waals surface area contributed by atoms with Crippen LogP contribution in [-0.2, 0) is 6.42 Å². The number of aromatic nitrogens is 1. The highest BCUT2D eigenvalue weighted by atomic mass is 32.1. The lowest BCUT2D eigenvalue weighted by Gasteiger charge is -2.18. The molecule has 1 aromatic carbocycles. The van der Waals surface area contributed by atoms with Crippen molar-refractivity contribution in [1.29, 1.82) is 0 Å². The molecule has 0 saturated carbocycles. The second-order valence-corrected chi connectivity index (χ2v) is 5.84. The minimum atomic E-state index is -0.0829. The maximum absolute atomic E-state index is 6.30. The Kier molecular flexibility index (Phi) is 4.56. The van der Waals surface area contributed by atoms with E-state index in [0.29, 0.717) is 0 Å². The van der Waals surface area contributed by atoms with Gasteiger partial charge in [-0.3, -0.25) is 0 Å². The van der Waals surface area contributed by atoms with Gasteiger partial charge in [0.2, 0.25) is 0 Å². The standard InChI is InChI=1S/C15H20N2OS/c1-10(2)18-14-7-5-4-6-12(14)13(16)8-15-17-11(3)9-19-15/h4-7,9-10,13H,8,16H2,1-3H3. The third-order valence-electron chi connectivity index (χ3n) is 2.74. The van der Waals surface area contributed by atoms with Crippen molar-refractivity contribution in [3.05, 3.63) is 45.9 Å². The SMILES string of the molecule is Cc1csc(CC(N)c2ccccc2OC(C)C)n1. The highest BCUT2D eigenvalue weighted by molar-refractivity contribution is 7.09. The van der Waals surface area contributed by atoms with E-state index < -0.39 is 0 Å². The van der Waals surface area contributed by atoms with Crippen LogP contribution in [0.4, 0.5) is 0 Å². The van der Waals surface area contributed by atoms with Gasteiger partial charge in [0.1, 0.15) is 5.75 Å². The van der Waals surface area contributed by atoms with Gasteiger partial charge in [-0.15, -0.1) is 11.3 Å². The second kappa shape index (κ2) is 6.17. The molecule has 102 valence electrons. The third-order valence-corrected chi connectivity index (χ3v) is 3.73. The highest BCUT2D eigenvalue weighted by Gasteiger charge is 2.14. The summed E-state index contributed by atoms with van der Waals surface area (Å²) in [5, 5.41) is 3.13.